The Morgan fingerprint density at radius 1 is 1.31 bits per heavy atom. The first kappa shape index (κ1) is 10.4. The van der Waals surface area contributed by atoms with Crippen LogP contribution in [0.2, 0.25) is 0 Å². The highest BCUT2D eigenvalue weighted by Gasteiger charge is 2.18. The summed E-state index contributed by atoms with van der Waals surface area (Å²) in [6, 6.07) is 1.44. The van der Waals surface area contributed by atoms with E-state index in [4.69, 9.17) is 10.7 Å². The summed E-state index contributed by atoms with van der Waals surface area (Å²) in [7, 11) is 0.652. The average Bonchev–Trinajstić information content (AvgIpc) is 1.94. The monoisotopic (exact) mass is 226 g/mol. The van der Waals surface area contributed by atoms with Gasteiger partial charge in [0.05, 0.1) is 0 Å². The lowest BCUT2D eigenvalue weighted by Gasteiger charge is -2.01. The van der Waals surface area contributed by atoms with Crippen molar-refractivity contribution < 1.29 is 17.2 Å². The predicted octanol–water partition coefficient (Wildman–Crippen LogP) is 2.20. The van der Waals surface area contributed by atoms with E-state index in [2.05, 4.69) is 0 Å². The lowest BCUT2D eigenvalue weighted by atomic mass is 10.2. The highest BCUT2D eigenvalue weighted by Crippen LogP contribution is 2.22. The summed E-state index contributed by atoms with van der Waals surface area (Å²) < 4.78 is 47.1. The van der Waals surface area contributed by atoms with E-state index in [1.165, 1.54) is 6.92 Å². The van der Waals surface area contributed by atoms with E-state index in [9.17, 15) is 17.2 Å². The standard InChI is InChI=1S/C7H5ClF2O2S/c1-4-2-5(9)3-6(7(4)10)13(8,11)12/h2-3H,1H3. The molecule has 0 atom stereocenters. The Hall–Kier alpha value is -0.680. The number of aryl methyl sites for hydroxylation is 1. The number of hydrogen-bond acceptors (Lipinski definition) is 2. The highest BCUT2D eigenvalue weighted by molar-refractivity contribution is 8.13. The van der Waals surface area contributed by atoms with Gasteiger partial charge in [-0.2, -0.15) is 0 Å². The zero-order chi connectivity index (χ0) is 10.2. The van der Waals surface area contributed by atoms with Gasteiger partial charge in [0.2, 0.25) is 0 Å². The Kier molecular flexibility index (Phi) is 2.58. The fraction of sp³-hybridized carbons (Fsp3) is 0.143. The zero-order valence-electron chi connectivity index (χ0n) is 6.51. The second-order valence-electron chi connectivity index (χ2n) is 2.47. The maximum Gasteiger partial charge on any atom is 0.264 e. The maximum absolute atomic E-state index is 13.0. The Labute approximate surface area is 78.6 Å². The molecule has 0 radical (unpaired) electrons. The zero-order valence-corrected chi connectivity index (χ0v) is 8.09. The molecule has 1 rings (SSSR count). The molecule has 0 saturated heterocycles. The van der Waals surface area contributed by atoms with E-state index >= 15 is 0 Å². The number of benzene rings is 1. The van der Waals surface area contributed by atoms with Crippen LogP contribution >= 0.6 is 10.7 Å². The van der Waals surface area contributed by atoms with Crippen LogP contribution in [0.3, 0.4) is 0 Å². The summed E-state index contributed by atoms with van der Waals surface area (Å²) >= 11 is 0. The van der Waals surface area contributed by atoms with Crippen LogP contribution in [0.4, 0.5) is 8.78 Å². The minimum atomic E-state index is -4.22. The van der Waals surface area contributed by atoms with E-state index in [0.717, 1.165) is 6.07 Å². The fourth-order valence-corrected chi connectivity index (χ4v) is 1.84. The third-order valence-electron chi connectivity index (χ3n) is 1.45. The fourth-order valence-electron chi connectivity index (χ4n) is 0.872. The maximum atomic E-state index is 13.0. The van der Waals surface area contributed by atoms with E-state index in [0.29, 0.717) is 6.07 Å². The van der Waals surface area contributed by atoms with Gasteiger partial charge in [-0.05, 0) is 24.6 Å². The first-order valence-electron chi connectivity index (χ1n) is 3.22. The van der Waals surface area contributed by atoms with Gasteiger partial charge in [0.1, 0.15) is 16.5 Å². The van der Waals surface area contributed by atoms with Crippen molar-refractivity contribution in [1.82, 2.24) is 0 Å². The Morgan fingerprint density at radius 3 is 2.31 bits per heavy atom. The van der Waals surface area contributed by atoms with Crippen molar-refractivity contribution in [2.24, 2.45) is 0 Å². The third-order valence-corrected chi connectivity index (χ3v) is 2.77. The number of hydrogen-bond donors (Lipinski definition) is 0. The van der Waals surface area contributed by atoms with Crippen molar-refractivity contribution in [2.45, 2.75) is 11.8 Å². The van der Waals surface area contributed by atoms with Crippen molar-refractivity contribution in [1.29, 1.82) is 0 Å². The summed E-state index contributed by atoms with van der Waals surface area (Å²) in [5.41, 5.74) is -0.0979. The first-order chi connectivity index (χ1) is 5.82. The Morgan fingerprint density at radius 2 is 1.85 bits per heavy atom. The van der Waals surface area contributed by atoms with Gasteiger partial charge in [-0.15, -0.1) is 0 Å². The molecule has 0 bridgehead atoms. The van der Waals surface area contributed by atoms with Crippen LogP contribution < -0.4 is 0 Å². The van der Waals surface area contributed by atoms with E-state index in [1.807, 2.05) is 0 Å². The van der Waals surface area contributed by atoms with Crippen LogP contribution in [-0.2, 0) is 9.05 Å². The van der Waals surface area contributed by atoms with Gasteiger partial charge in [-0.1, -0.05) is 0 Å². The predicted molar refractivity (Wildman–Crippen MR) is 44.1 cm³/mol. The van der Waals surface area contributed by atoms with E-state index < -0.39 is 25.6 Å². The van der Waals surface area contributed by atoms with Crippen LogP contribution in [0.5, 0.6) is 0 Å². The quantitative estimate of drug-likeness (QED) is 0.688. The molecule has 0 aliphatic heterocycles. The normalized spacial score (nSPS) is 11.7. The topological polar surface area (TPSA) is 34.1 Å². The smallest absolute Gasteiger partial charge is 0.207 e. The second kappa shape index (κ2) is 3.23. The molecule has 0 aromatic heterocycles. The SMILES string of the molecule is Cc1cc(F)cc(S(=O)(=O)Cl)c1F. The summed E-state index contributed by atoms with van der Waals surface area (Å²) in [6.07, 6.45) is 0. The third kappa shape index (κ3) is 2.16. The van der Waals surface area contributed by atoms with E-state index in [-0.39, 0.29) is 5.56 Å². The van der Waals surface area contributed by atoms with E-state index in [1.54, 1.807) is 0 Å². The molecule has 1 aromatic carbocycles. The molecule has 1 aromatic rings. The molecule has 0 amide bonds. The van der Waals surface area contributed by atoms with Crippen molar-refractivity contribution >= 4 is 19.7 Å². The Balaban J connectivity index is 3.56. The Bertz CT molecular complexity index is 442. The molecule has 0 fully saturated rings. The largest absolute Gasteiger partial charge is 0.264 e. The molecule has 72 valence electrons. The molecule has 6 heteroatoms. The molecule has 0 aliphatic rings. The molecule has 0 spiro atoms. The lowest BCUT2D eigenvalue weighted by Crippen LogP contribution is -1.99. The number of rotatable bonds is 1. The molecule has 2 nitrogen and oxygen atoms in total. The van der Waals surface area contributed by atoms with Gasteiger partial charge < -0.3 is 0 Å². The molecular weight excluding hydrogens is 222 g/mol. The van der Waals surface area contributed by atoms with Gasteiger partial charge in [0, 0.05) is 10.7 Å². The molecule has 0 aliphatic carbocycles. The van der Waals surface area contributed by atoms with Crippen molar-refractivity contribution in [3.05, 3.63) is 29.3 Å². The highest BCUT2D eigenvalue weighted by atomic mass is 35.7. The van der Waals surface area contributed by atoms with Gasteiger partial charge in [0.15, 0.2) is 0 Å². The molecule has 0 unspecified atom stereocenters. The van der Waals surface area contributed by atoms with Gasteiger partial charge in [-0.25, -0.2) is 17.2 Å². The summed E-state index contributed by atoms with van der Waals surface area (Å²) in [5, 5.41) is 0. The van der Waals surface area contributed by atoms with Crippen LogP contribution in [-0.4, -0.2) is 8.42 Å². The molecule has 0 N–H and O–H groups in total. The van der Waals surface area contributed by atoms with Crippen molar-refractivity contribution in [2.75, 3.05) is 0 Å². The minimum absolute atomic E-state index is 0.0979. The van der Waals surface area contributed by atoms with Crippen LogP contribution in [0.25, 0.3) is 0 Å². The second-order valence-corrected chi connectivity index (χ2v) is 5.01. The molecule has 0 saturated carbocycles. The average molecular weight is 227 g/mol. The summed E-state index contributed by atoms with van der Waals surface area (Å²) in [5.74, 6) is -1.85. The minimum Gasteiger partial charge on any atom is -0.207 e. The number of halogens is 3. The van der Waals surface area contributed by atoms with Gasteiger partial charge in [-0.3, -0.25) is 0 Å². The van der Waals surface area contributed by atoms with Crippen LogP contribution in [0.15, 0.2) is 17.0 Å². The molecular formula is C7H5ClF2O2S. The molecule has 13 heavy (non-hydrogen) atoms. The van der Waals surface area contributed by atoms with Gasteiger partial charge >= 0.3 is 0 Å². The van der Waals surface area contributed by atoms with Crippen LogP contribution in [0, 0.1) is 18.6 Å². The van der Waals surface area contributed by atoms with Crippen molar-refractivity contribution in [3.8, 4) is 0 Å². The summed E-state index contributed by atoms with van der Waals surface area (Å²) in [6.45, 7) is 1.25. The van der Waals surface area contributed by atoms with Crippen LogP contribution in [0.1, 0.15) is 5.56 Å². The molecule has 0 heterocycles. The first-order valence-corrected chi connectivity index (χ1v) is 5.53. The lowest BCUT2D eigenvalue weighted by molar-refractivity contribution is 0.552. The summed E-state index contributed by atoms with van der Waals surface area (Å²) in [4.78, 5) is -0.827. The van der Waals surface area contributed by atoms with Gasteiger partial charge in [0.25, 0.3) is 9.05 Å². The van der Waals surface area contributed by atoms with Crippen molar-refractivity contribution in [3.63, 3.8) is 0 Å².